The number of carbonyl (C=O) groups is 1. The van der Waals surface area contributed by atoms with Crippen molar-refractivity contribution in [2.45, 2.75) is 6.04 Å². The van der Waals surface area contributed by atoms with E-state index in [4.69, 9.17) is 10.8 Å². The summed E-state index contributed by atoms with van der Waals surface area (Å²) in [4.78, 5) is 10.7. The molecule has 3 N–H and O–H groups in total. The summed E-state index contributed by atoms with van der Waals surface area (Å²) in [6.07, 6.45) is 1.67. The Kier molecular flexibility index (Phi) is 3.26. The van der Waals surface area contributed by atoms with Gasteiger partial charge in [-0.1, -0.05) is 12.1 Å². The number of carboxylic acid groups (broad SMARTS) is 1. The first kappa shape index (κ1) is 11.8. The topological polar surface area (TPSA) is 81.1 Å². The Morgan fingerprint density at radius 1 is 1.35 bits per heavy atom. The lowest BCUT2D eigenvalue weighted by molar-refractivity contribution is -0.138. The number of benzene rings is 1. The third-order valence-corrected chi connectivity index (χ3v) is 2.96. The zero-order valence-corrected chi connectivity index (χ0v) is 10.3. The second-order valence-electron chi connectivity index (χ2n) is 3.47. The summed E-state index contributed by atoms with van der Waals surface area (Å²) in [5, 5.41) is 12.9. The number of aliphatic carboxylic acids is 1. The van der Waals surface area contributed by atoms with Gasteiger partial charge in [-0.25, -0.2) is 4.68 Å². The van der Waals surface area contributed by atoms with Gasteiger partial charge in [-0.3, -0.25) is 4.79 Å². The average Bonchev–Trinajstić information content (AvgIpc) is 2.74. The molecule has 1 aromatic carbocycles. The Labute approximate surface area is 106 Å². The number of rotatable bonds is 3. The average molecular weight is 296 g/mol. The lowest BCUT2D eigenvalue weighted by atomic mass is 10.1. The lowest BCUT2D eigenvalue weighted by Crippen LogP contribution is -2.20. The molecular weight excluding hydrogens is 286 g/mol. The molecule has 0 aliphatic carbocycles. The Bertz CT molecular complexity index is 536. The number of nitrogens with two attached hydrogens (primary N) is 1. The molecule has 2 rings (SSSR count). The van der Waals surface area contributed by atoms with Crippen molar-refractivity contribution in [2.75, 3.05) is 0 Å². The number of hydrogen-bond donors (Lipinski definition) is 2. The van der Waals surface area contributed by atoms with E-state index in [-0.39, 0.29) is 0 Å². The third-order valence-electron chi connectivity index (χ3n) is 2.36. The molecule has 6 heteroatoms. The first-order chi connectivity index (χ1) is 8.09. The minimum absolute atomic E-state index is 0.560. The molecule has 5 nitrogen and oxygen atoms in total. The molecule has 1 aromatic heterocycles. The minimum atomic E-state index is -1.04. The minimum Gasteiger partial charge on any atom is -0.480 e. The van der Waals surface area contributed by atoms with Gasteiger partial charge in [0.15, 0.2) is 0 Å². The second kappa shape index (κ2) is 4.68. The Morgan fingerprint density at radius 2 is 2.00 bits per heavy atom. The van der Waals surface area contributed by atoms with Crippen LogP contribution in [0.25, 0.3) is 5.69 Å². The summed E-state index contributed by atoms with van der Waals surface area (Å²) >= 11 is 3.36. The van der Waals surface area contributed by atoms with Gasteiger partial charge in [0.2, 0.25) is 0 Å². The van der Waals surface area contributed by atoms with Gasteiger partial charge in [-0.2, -0.15) is 5.10 Å². The molecule has 0 spiro atoms. The molecule has 17 heavy (non-hydrogen) atoms. The Morgan fingerprint density at radius 3 is 2.47 bits per heavy atom. The van der Waals surface area contributed by atoms with Crippen LogP contribution in [-0.2, 0) is 4.79 Å². The molecular formula is C11H10BrN3O2. The second-order valence-corrected chi connectivity index (χ2v) is 4.29. The highest BCUT2D eigenvalue weighted by Gasteiger charge is 2.13. The van der Waals surface area contributed by atoms with E-state index < -0.39 is 12.0 Å². The maximum absolute atomic E-state index is 10.7. The van der Waals surface area contributed by atoms with E-state index in [1.165, 1.54) is 0 Å². The van der Waals surface area contributed by atoms with Crippen molar-refractivity contribution >= 4 is 21.9 Å². The quantitative estimate of drug-likeness (QED) is 0.903. The highest BCUT2D eigenvalue weighted by Crippen LogP contribution is 2.18. The van der Waals surface area contributed by atoms with Gasteiger partial charge in [0.1, 0.15) is 10.6 Å². The SMILES string of the molecule is NC(C(=O)O)c1ccc(-n2nccc2Br)cc1. The number of aromatic nitrogens is 2. The monoisotopic (exact) mass is 295 g/mol. The van der Waals surface area contributed by atoms with E-state index in [1.54, 1.807) is 35.1 Å². The van der Waals surface area contributed by atoms with Crippen molar-refractivity contribution < 1.29 is 9.90 Å². The van der Waals surface area contributed by atoms with Crippen molar-refractivity contribution in [1.29, 1.82) is 0 Å². The van der Waals surface area contributed by atoms with E-state index in [9.17, 15) is 4.79 Å². The van der Waals surface area contributed by atoms with E-state index >= 15 is 0 Å². The van der Waals surface area contributed by atoms with Crippen LogP contribution in [0.1, 0.15) is 11.6 Å². The molecule has 0 radical (unpaired) electrons. The van der Waals surface area contributed by atoms with Crippen molar-refractivity contribution in [3.8, 4) is 5.69 Å². The summed E-state index contributed by atoms with van der Waals surface area (Å²) in [6, 6.07) is 7.73. The Hall–Kier alpha value is -1.66. The van der Waals surface area contributed by atoms with Crippen molar-refractivity contribution in [1.82, 2.24) is 9.78 Å². The molecule has 0 aliphatic heterocycles. The van der Waals surface area contributed by atoms with E-state index in [2.05, 4.69) is 21.0 Å². The zero-order chi connectivity index (χ0) is 12.4. The van der Waals surface area contributed by atoms with Crippen LogP contribution < -0.4 is 5.73 Å². The van der Waals surface area contributed by atoms with Crippen LogP contribution in [-0.4, -0.2) is 20.9 Å². The highest BCUT2D eigenvalue weighted by atomic mass is 79.9. The summed E-state index contributed by atoms with van der Waals surface area (Å²) in [5.41, 5.74) is 6.90. The summed E-state index contributed by atoms with van der Waals surface area (Å²) in [6.45, 7) is 0. The molecule has 0 amide bonds. The van der Waals surface area contributed by atoms with Gasteiger partial charge in [-0.05, 0) is 39.7 Å². The highest BCUT2D eigenvalue weighted by molar-refractivity contribution is 9.10. The summed E-state index contributed by atoms with van der Waals surface area (Å²) in [5.74, 6) is -1.04. The molecule has 1 atom stereocenters. The van der Waals surface area contributed by atoms with Crippen LogP contribution in [0.4, 0.5) is 0 Å². The van der Waals surface area contributed by atoms with E-state index in [1.807, 2.05) is 6.07 Å². The van der Waals surface area contributed by atoms with Crippen molar-refractivity contribution in [3.05, 3.63) is 46.7 Å². The van der Waals surface area contributed by atoms with E-state index in [0.717, 1.165) is 10.3 Å². The van der Waals surface area contributed by atoms with Crippen LogP contribution in [0.3, 0.4) is 0 Å². The summed E-state index contributed by atoms with van der Waals surface area (Å²) in [7, 11) is 0. The molecule has 0 saturated heterocycles. The zero-order valence-electron chi connectivity index (χ0n) is 8.75. The Balaban J connectivity index is 2.31. The molecule has 0 bridgehead atoms. The molecule has 0 saturated carbocycles. The predicted octanol–water partition coefficient (Wildman–Crippen LogP) is 1.72. The van der Waals surface area contributed by atoms with Gasteiger partial charge in [0, 0.05) is 0 Å². The molecule has 1 unspecified atom stereocenters. The van der Waals surface area contributed by atoms with Crippen LogP contribution in [0, 0.1) is 0 Å². The fraction of sp³-hybridized carbons (Fsp3) is 0.0909. The molecule has 1 heterocycles. The van der Waals surface area contributed by atoms with Crippen molar-refractivity contribution in [2.24, 2.45) is 5.73 Å². The third kappa shape index (κ3) is 2.37. The van der Waals surface area contributed by atoms with Crippen LogP contribution in [0.2, 0.25) is 0 Å². The standard InChI is InChI=1S/C11H10BrN3O2/c12-9-5-6-14-15(9)8-3-1-7(2-4-8)10(13)11(16)17/h1-6,10H,13H2,(H,16,17). The predicted molar refractivity (Wildman–Crippen MR) is 65.8 cm³/mol. The van der Waals surface area contributed by atoms with Gasteiger partial charge in [-0.15, -0.1) is 0 Å². The first-order valence-electron chi connectivity index (χ1n) is 4.88. The fourth-order valence-corrected chi connectivity index (χ4v) is 1.86. The number of hydrogen-bond acceptors (Lipinski definition) is 3. The van der Waals surface area contributed by atoms with Gasteiger partial charge < -0.3 is 10.8 Å². The maximum atomic E-state index is 10.7. The molecule has 88 valence electrons. The molecule has 2 aromatic rings. The normalized spacial score (nSPS) is 12.4. The van der Waals surface area contributed by atoms with E-state index in [0.29, 0.717) is 5.56 Å². The maximum Gasteiger partial charge on any atom is 0.325 e. The largest absolute Gasteiger partial charge is 0.480 e. The lowest BCUT2D eigenvalue weighted by Gasteiger charge is -2.08. The number of halogens is 1. The number of carboxylic acids is 1. The summed E-state index contributed by atoms with van der Waals surface area (Å²) < 4.78 is 2.52. The molecule has 0 fully saturated rings. The number of nitrogens with zero attached hydrogens (tertiary/aromatic N) is 2. The smallest absolute Gasteiger partial charge is 0.325 e. The molecule has 0 aliphatic rings. The first-order valence-corrected chi connectivity index (χ1v) is 5.67. The van der Waals surface area contributed by atoms with Gasteiger partial charge in [0.25, 0.3) is 0 Å². The van der Waals surface area contributed by atoms with Crippen molar-refractivity contribution in [3.63, 3.8) is 0 Å². The van der Waals surface area contributed by atoms with Crippen LogP contribution in [0.5, 0.6) is 0 Å². The van der Waals surface area contributed by atoms with Crippen LogP contribution >= 0.6 is 15.9 Å². The van der Waals surface area contributed by atoms with Gasteiger partial charge in [0.05, 0.1) is 11.9 Å². The van der Waals surface area contributed by atoms with Crippen LogP contribution in [0.15, 0.2) is 41.1 Å². The fourth-order valence-electron chi connectivity index (χ4n) is 1.44. The van der Waals surface area contributed by atoms with Gasteiger partial charge >= 0.3 is 5.97 Å².